The van der Waals surface area contributed by atoms with Crippen LogP contribution < -0.4 is 15.5 Å². The van der Waals surface area contributed by atoms with Crippen molar-refractivity contribution in [1.29, 1.82) is 0 Å². The van der Waals surface area contributed by atoms with E-state index in [1.165, 1.54) is 6.33 Å². The number of hydrogen-bond acceptors (Lipinski definition) is 5. The Labute approximate surface area is 101 Å². The van der Waals surface area contributed by atoms with Crippen LogP contribution in [-0.2, 0) is 11.2 Å². The molecule has 1 rings (SSSR count). The van der Waals surface area contributed by atoms with Crippen molar-refractivity contribution in [2.45, 2.75) is 13.3 Å². The van der Waals surface area contributed by atoms with E-state index in [0.29, 0.717) is 0 Å². The summed E-state index contributed by atoms with van der Waals surface area (Å²) in [6.45, 7) is 2.32. The summed E-state index contributed by atoms with van der Waals surface area (Å²) in [5.41, 5.74) is 1.02. The third kappa shape index (κ3) is 3.05. The topological polar surface area (TPSA) is 70.2 Å². The molecule has 6 heteroatoms. The Bertz CT molecular complexity index is 393. The molecule has 0 spiro atoms. The first-order valence-corrected chi connectivity index (χ1v) is 5.57. The number of carbonyl (C=O) groups is 1. The van der Waals surface area contributed by atoms with E-state index in [9.17, 15) is 4.79 Å². The Balaban J connectivity index is 3.00. The number of rotatable bonds is 5. The molecule has 0 bridgehead atoms. The van der Waals surface area contributed by atoms with Gasteiger partial charge in [-0.15, -0.1) is 0 Å². The molecule has 6 nitrogen and oxygen atoms in total. The first-order valence-electron chi connectivity index (χ1n) is 5.57. The van der Waals surface area contributed by atoms with E-state index in [0.717, 1.165) is 23.6 Å². The van der Waals surface area contributed by atoms with Crippen molar-refractivity contribution in [3.63, 3.8) is 0 Å². The molecule has 0 aliphatic heterocycles. The predicted molar refractivity (Wildman–Crippen MR) is 68.3 cm³/mol. The van der Waals surface area contributed by atoms with Crippen molar-refractivity contribution in [1.82, 2.24) is 15.3 Å². The highest BCUT2D eigenvalue weighted by Crippen LogP contribution is 2.22. The molecule has 0 fully saturated rings. The van der Waals surface area contributed by atoms with Crippen LogP contribution in [0, 0.1) is 0 Å². The highest BCUT2D eigenvalue weighted by molar-refractivity contribution is 5.81. The summed E-state index contributed by atoms with van der Waals surface area (Å²) in [5.74, 6) is 1.55. The molecular formula is C11H19N5O. The fraction of sp³-hybridized carbons (Fsp3) is 0.545. The molecule has 1 heterocycles. The quantitative estimate of drug-likeness (QED) is 0.769. The summed E-state index contributed by atoms with van der Waals surface area (Å²) < 4.78 is 0. The molecule has 17 heavy (non-hydrogen) atoms. The molecule has 0 saturated carbocycles. The highest BCUT2D eigenvalue weighted by Gasteiger charge is 2.14. The molecule has 2 N–H and O–H groups in total. The number of amides is 1. The van der Waals surface area contributed by atoms with Gasteiger partial charge in [-0.05, 0) is 6.42 Å². The number of nitrogens with one attached hydrogen (secondary N) is 2. The standard InChI is InChI=1S/C11H19N5O/c1-5-8-10(13-3)14-7-15-11(8)16(4)6-9(17)12-2/h7H,5-6H2,1-4H3,(H,12,17)(H,13,14,15). The summed E-state index contributed by atoms with van der Waals surface area (Å²) in [6, 6.07) is 0. The lowest BCUT2D eigenvalue weighted by Crippen LogP contribution is -2.34. The van der Waals surface area contributed by atoms with Crippen LogP contribution in [0.4, 0.5) is 11.6 Å². The maximum atomic E-state index is 11.3. The molecule has 94 valence electrons. The number of anilines is 2. The van der Waals surface area contributed by atoms with Crippen molar-refractivity contribution in [3.8, 4) is 0 Å². The van der Waals surface area contributed by atoms with E-state index in [-0.39, 0.29) is 12.5 Å². The minimum atomic E-state index is -0.0424. The van der Waals surface area contributed by atoms with Crippen LogP contribution in [-0.4, -0.2) is 43.6 Å². The van der Waals surface area contributed by atoms with Crippen molar-refractivity contribution in [3.05, 3.63) is 11.9 Å². The van der Waals surface area contributed by atoms with Crippen LogP contribution in [0.25, 0.3) is 0 Å². The maximum Gasteiger partial charge on any atom is 0.239 e. The second-order valence-electron chi connectivity index (χ2n) is 3.66. The number of aromatic nitrogens is 2. The fourth-order valence-electron chi connectivity index (χ4n) is 1.64. The Morgan fingerprint density at radius 1 is 1.41 bits per heavy atom. The minimum Gasteiger partial charge on any atom is -0.373 e. The fourth-order valence-corrected chi connectivity index (χ4v) is 1.64. The minimum absolute atomic E-state index is 0.0424. The lowest BCUT2D eigenvalue weighted by molar-refractivity contribution is -0.119. The van der Waals surface area contributed by atoms with Gasteiger partial charge in [0, 0.05) is 26.7 Å². The van der Waals surface area contributed by atoms with Crippen molar-refractivity contribution < 1.29 is 4.79 Å². The smallest absolute Gasteiger partial charge is 0.239 e. The van der Waals surface area contributed by atoms with Crippen LogP contribution in [0.15, 0.2) is 6.33 Å². The van der Waals surface area contributed by atoms with Crippen molar-refractivity contribution in [2.75, 3.05) is 37.9 Å². The van der Waals surface area contributed by atoms with Crippen LogP contribution >= 0.6 is 0 Å². The number of nitrogens with zero attached hydrogens (tertiary/aromatic N) is 3. The van der Waals surface area contributed by atoms with E-state index in [2.05, 4.69) is 20.6 Å². The van der Waals surface area contributed by atoms with Crippen LogP contribution in [0.5, 0.6) is 0 Å². The van der Waals surface area contributed by atoms with E-state index >= 15 is 0 Å². The van der Waals surface area contributed by atoms with Crippen molar-refractivity contribution >= 4 is 17.5 Å². The average Bonchev–Trinajstić information content (AvgIpc) is 2.37. The van der Waals surface area contributed by atoms with Gasteiger partial charge in [0.1, 0.15) is 18.0 Å². The summed E-state index contributed by atoms with van der Waals surface area (Å²) in [7, 11) is 5.29. The molecule has 0 atom stereocenters. The van der Waals surface area contributed by atoms with Crippen LogP contribution in [0.2, 0.25) is 0 Å². The normalized spacial score (nSPS) is 9.88. The largest absolute Gasteiger partial charge is 0.373 e. The predicted octanol–water partition coefficient (Wildman–Crippen LogP) is 0.263. The Hall–Kier alpha value is -1.85. The van der Waals surface area contributed by atoms with Gasteiger partial charge in [-0.1, -0.05) is 6.92 Å². The number of carbonyl (C=O) groups excluding carboxylic acids is 1. The SMILES string of the molecule is CCc1c(NC)ncnc1N(C)CC(=O)NC. The first kappa shape index (κ1) is 13.2. The van der Waals surface area contributed by atoms with Gasteiger partial charge in [-0.3, -0.25) is 4.79 Å². The summed E-state index contributed by atoms with van der Waals surface area (Å²) in [6.07, 6.45) is 2.31. The molecule has 0 aliphatic carbocycles. The van der Waals surface area contributed by atoms with Gasteiger partial charge in [0.25, 0.3) is 0 Å². The van der Waals surface area contributed by atoms with Crippen molar-refractivity contribution in [2.24, 2.45) is 0 Å². The molecule has 0 saturated heterocycles. The lowest BCUT2D eigenvalue weighted by atomic mass is 10.2. The number of likely N-dealkylation sites (N-methyl/N-ethyl adjacent to an activating group) is 2. The van der Waals surface area contributed by atoms with E-state index in [4.69, 9.17) is 0 Å². The van der Waals surface area contributed by atoms with Gasteiger partial charge < -0.3 is 15.5 Å². The zero-order valence-electron chi connectivity index (χ0n) is 10.7. The van der Waals surface area contributed by atoms with Gasteiger partial charge >= 0.3 is 0 Å². The van der Waals surface area contributed by atoms with Gasteiger partial charge in [-0.25, -0.2) is 9.97 Å². The Morgan fingerprint density at radius 2 is 2.12 bits per heavy atom. The Morgan fingerprint density at radius 3 is 2.65 bits per heavy atom. The summed E-state index contributed by atoms with van der Waals surface area (Å²) >= 11 is 0. The molecule has 0 aromatic carbocycles. The van der Waals surface area contributed by atoms with Gasteiger partial charge in [0.15, 0.2) is 0 Å². The second-order valence-corrected chi connectivity index (χ2v) is 3.66. The van der Waals surface area contributed by atoms with E-state index in [1.807, 2.05) is 25.9 Å². The highest BCUT2D eigenvalue weighted by atomic mass is 16.1. The van der Waals surface area contributed by atoms with Gasteiger partial charge in [0.2, 0.25) is 5.91 Å². The third-order valence-corrected chi connectivity index (χ3v) is 2.53. The first-order chi connectivity index (χ1) is 8.13. The summed E-state index contributed by atoms with van der Waals surface area (Å²) in [5, 5.41) is 5.62. The summed E-state index contributed by atoms with van der Waals surface area (Å²) in [4.78, 5) is 21.6. The van der Waals surface area contributed by atoms with E-state index in [1.54, 1.807) is 7.05 Å². The van der Waals surface area contributed by atoms with Crippen LogP contribution in [0.3, 0.4) is 0 Å². The average molecular weight is 237 g/mol. The molecule has 0 radical (unpaired) electrons. The molecule has 1 aromatic heterocycles. The zero-order chi connectivity index (χ0) is 12.8. The van der Waals surface area contributed by atoms with Crippen LogP contribution in [0.1, 0.15) is 12.5 Å². The van der Waals surface area contributed by atoms with Gasteiger partial charge in [-0.2, -0.15) is 0 Å². The molecule has 0 aliphatic rings. The molecule has 0 unspecified atom stereocenters. The zero-order valence-corrected chi connectivity index (χ0v) is 10.7. The molecule has 1 amide bonds. The van der Waals surface area contributed by atoms with E-state index < -0.39 is 0 Å². The molecule has 1 aromatic rings. The number of hydrogen-bond donors (Lipinski definition) is 2. The lowest BCUT2D eigenvalue weighted by Gasteiger charge is -2.21. The second kappa shape index (κ2) is 6.03. The van der Waals surface area contributed by atoms with Gasteiger partial charge in [0.05, 0.1) is 6.54 Å². The monoisotopic (exact) mass is 237 g/mol. The molecular weight excluding hydrogens is 218 g/mol. The Kier molecular flexibility index (Phi) is 4.68. The maximum absolute atomic E-state index is 11.3. The third-order valence-electron chi connectivity index (χ3n) is 2.53.